The van der Waals surface area contributed by atoms with Crippen LogP contribution in [0.5, 0.6) is 0 Å². The molecule has 2 nitrogen and oxygen atoms in total. The first-order chi connectivity index (χ1) is 10.1. The zero-order chi connectivity index (χ0) is 15.2. The highest BCUT2D eigenvalue weighted by molar-refractivity contribution is 7.16. The molecule has 3 atom stereocenters. The fourth-order valence-corrected chi connectivity index (χ4v) is 4.80. The monoisotopic (exact) mass is 328 g/mol. The van der Waals surface area contributed by atoms with Crippen LogP contribution >= 0.6 is 22.9 Å². The van der Waals surface area contributed by atoms with Crippen molar-refractivity contribution in [2.45, 2.75) is 52.1 Å². The van der Waals surface area contributed by atoms with E-state index in [-0.39, 0.29) is 0 Å². The summed E-state index contributed by atoms with van der Waals surface area (Å²) < 4.78 is 0.896. The highest BCUT2D eigenvalue weighted by Crippen LogP contribution is 2.32. The number of hydrogen-bond donors (Lipinski definition) is 1. The number of nitrogens with zero attached hydrogens (tertiary/aromatic N) is 1. The van der Waals surface area contributed by atoms with Gasteiger partial charge in [-0.25, -0.2) is 0 Å². The van der Waals surface area contributed by atoms with E-state index in [2.05, 4.69) is 37.2 Å². The minimum Gasteiger partial charge on any atom is -0.314 e. The van der Waals surface area contributed by atoms with E-state index in [1.165, 1.54) is 37.1 Å². The average molecular weight is 329 g/mol. The van der Waals surface area contributed by atoms with Crippen LogP contribution in [0.4, 0.5) is 0 Å². The summed E-state index contributed by atoms with van der Waals surface area (Å²) in [7, 11) is 2.24. The van der Waals surface area contributed by atoms with Gasteiger partial charge in [0.15, 0.2) is 0 Å². The molecule has 0 aromatic carbocycles. The van der Waals surface area contributed by atoms with Crippen molar-refractivity contribution in [3.8, 4) is 0 Å². The second-order valence-electron chi connectivity index (χ2n) is 6.41. The van der Waals surface area contributed by atoms with E-state index in [4.69, 9.17) is 11.6 Å². The lowest BCUT2D eigenvalue weighted by Gasteiger charge is -2.38. The normalized spacial score (nSPS) is 26.4. The molecule has 0 bridgehead atoms. The van der Waals surface area contributed by atoms with Crippen LogP contribution in [0.15, 0.2) is 12.1 Å². The lowest BCUT2D eigenvalue weighted by Crippen LogP contribution is -2.45. The molecule has 0 saturated heterocycles. The molecule has 1 aliphatic carbocycles. The van der Waals surface area contributed by atoms with E-state index in [9.17, 15) is 0 Å². The van der Waals surface area contributed by atoms with Crippen molar-refractivity contribution >= 4 is 22.9 Å². The first kappa shape index (κ1) is 17.3. The van der Waals surface area contributed by atoms with Crippen LogP contribution in [-0.2, 0) is 6.54 Å². The van der Waals surface area contributed by atoms with Crippen molar-refractivity contribution < 1.29 is 0 Å². The summed E-state index contributed by atoms with van der Waals surface area (Å²) in [5.41, 5.74) is 0. The van der Waals surface area contributed by atoms with Crippen LogP contribution in [0.2, 0.25) is 4.34 Å². The molecule has 21 heavy (non-hydrogen) atoms. The van der Waals surface area contributed by atoms with Crippen LogP contribution in [-0.4, -0.2) is 31.1 Å². The molecule has 1 aromatic heterocycles. The van der Waals surface area contributed by atoms with Gasteiger partial charge in [-0.2, -0.15) is 0 Å². The third-order valence-corrected chi connectivity index (χ3v) is 5.95. The molecule has 0 aliphatic heterocycles. The van der Waals surface area contributed by atoms with E-state index in [0.717, 1.165) is 29.3 Å². The van der Waals surface area contributed by atoms with Crippen molar-refractivity contribution in [1.29, 1.82) is 0 Å². The maximum atomic E-state index is 6.03. The van der Waals surface area contributed by atoms with Crippen LogP contribution < -0.4 is 5.32 Å². The molecule has 1 aromatic rings. The Morgan fingerprint density at radius 2 is 2.14 bits per heavy atom. The fourth-order valence-electron chi connectivity index (χ4n) is 3.63. The first-order valence-electron chi connectivity index (χ1n) is 8.28. The number of halogens is 1. The van der Waals surface area contributed by atoms with E-state index in [1.807, 2.05) is 6.07 Å². The van der Waals surface area contributed by atoms with E-state index < -0.39 is 0 Å². The Morgan fingerprint density at radius 3 is 2.76 bits per heavy atom. The second kappa shape index (κ2) is 8.52. The minimum absolute atomic E-state index is 0.701. The van der Waals surface area contributed by atoms with Gasteiger partial charge in [0.2, 0.25) is 0 Å². The Morgan fingerprint density at radius 1 is 1.33 bits per heavy atom. The zero-order valence-electron chi connectivity index (χ0n) is 13.6. The molecule has 4 heteroatoms. The van der Waals surface area contributed by atoms with Crippen LogP contribution in [0, 0.1) is 11.8 Å². The van der Waals surface area contributed by atoms with Crippen molar-refractivity contribution in [3.05, 3.63) is 21.3 Å². The van der Waals surface area contributed by atoms with Crippen molar-refractivity contribution in [2.75, 3.05) is 20.1 Å². The van der Waals surface area contributed by atoms with E-state index >= 15 is 0 Å². The van der Waals surface area contributed by atoms with Crippen molar-refractivity contribution in [2.24, 2.45) is 11.8 Å². The molecule has 1 heterocycles. The summed E-state index contributed by atoms with van der Waals surface area (Å²) in [5, 5.41) is 3.71. The molecule has 0 spiro atoms. The molecular formula is C17H29ClN2S. The predicted molar refractivity (Wildman–Crippen MR) is 94.2 cm³/mol. The summed E-state index contributed by atoms with van der Waals surface area (Å²) in [5.74, 6) is 1.71. The Balaban J connectivity index is 1.89. The molecule has 120 valence electrons. The van der Waals surface area contributed by atoms with Gasteiger partial charge in [0.1, 0.15) is 0 Å². The van der Waals surface area contributed by atoms with Gasteiger partial charge in [0.25, 0.3) is 0 Å². The van der Waals surface area contributed by atoms with Gasteiger partial charge in [-0.05, 0) is 56.8 Å². The molecule has 0 radical (unpaired) electrons. The predicted octanol–water partition coefficient (Wildman–Crippen LogP) is 4.64. The Bertz CT molecular complexity index is 421. The Kier molecular flexibility index (Phi) is 7.00. The largest absolute Gasteiger partial charge is 0.314 e. The fraction of sp³-hybridized carbons (Fsp3) is 0.765. The molecule has 0 amide bonds. The molecule has 1 saturated carbocycles. The third-order valence-electron chi connectivity index (χ3n) is 4.74. The number of thiophene rings is 1. The summed E-state index contributed by atoms with van der Waals surface area (Å²) >= 11 is 7.73. The van der Waals surface area contributed by atoms with Crippen LogP contribution in [0.25, 0.3) is 0 Å². The van der Waals surface area contributed by atoms with E-state index in [1.54, 1.807) is 11.3 Å². The summed E-state index contributed by atoms with van der Waals surface area (Å²) in [6, 6.07) is 4.86. The molecular weight excluding hydrogens is 300 g/mol. The summed E-state index contributed by atoms with van der Waals surface area (Å²) in [4.78, 5) is 3.83. The number of hydrogen-bond acceptors (Lipinski definition) is 3. The van der Waals surface area contributed by atoms with Gasteiger partial charge in [0, 0.05) is 24.0 Å². The third kappa shape index (κ3) is 5.24. The van der Waals surface area contributed by atoms with E-state index in [0.29, 0.717) is 6.04 Å². The first-order valence-corrected chi connectivity index (χ1v) is 9.47. The maximum Gasteiger partial charge on any atom is 0.0931 e. The van der Waals surface area contributed by atoms with Gasteiger partial charge >= 0.3 is 0 Å². The molecule has 1 fully saturated rings. The van der Waals surface area contributed by atoms with Crippen molar-refractivity contribution in [1.82, 2.24) is 10.2 Å². The smallest absolute Gasteiger partial charge is 0.0931 e. The maximum absolute atomic E-state index is 6.03. The molecule has 2 rings (SSSR count). The van der Waals surface area contributed by atoms with Gasteiger partial charge in [-0.15, -0.1) is 11.3 Å². The van der Waals surface area contributed by atoms with Gasteiger partial charge in [-0.1, -0.05) is 31.9 Å². The van der Waals surface area contributed by atoms with Crippen LogP contribution in [0.1, 0.15) is 44.4 Å². The highest BCUT2D eigenvalue weighted by Gasteiger charge is 2.29. The molecule has 1 aliphatic rings. The second-order valence-corrected chi connectivity index (χ2v) is 8.21. The topological polar surface area (TPSA) is 15.3 Å². The molecule has 3 unspecified atom stereocenters. The summed E-state index contributed by atoms with van der Waals surface area (Å²) in [6.07, 6.45) is 5.45. The summed E-state index contributed by atoms with van der Waals surface area (Å²) in [6.45, 7) is 7.85. The number of nitrogens with one attached hydrogen (secondary N) is 1. The lowest BCUT2D eigenvalue weighted by molar-refractivity contribution is 0.150. The quantitative estimate of drug-likeness (QED) is 0.784. The highest BCUT2D eigenvalue weighted by atomic mass is 35.5. The SMILES string of the molecule is CCNC1CCC(CC)CC1CN(C)Cc1ccc(Cl)s1. The number of rotatable bonds is 7. The van der Waals surface area contributed by atoms with Gasteiger partial charge in [0.05, 0.1) is 4.34 Å². The lowest BCUT2D eigenvalue weighted by atomic mass is 9.76. The van der Waals surface area contributed by atoms with Gasteiger partial charge < -0.3 is 10.2 Å². The van der Waals surface area contributed by atoms with Crippen LogP contribution in [0.3, 0.4) is 0 Å². The Hall–Kier alpha value is -0.0900. The zero-order valence-corrected chi connectivity index (χ0v) is 15.1. The van der Waals surface area contributed by atoms with Crippen molar-refractivity contribution in [3.63, 3.8) is 0 Å². The minimum atomic E-state index is 0.701. The Labute approximate surface area is 138 Å². The average Bonchev–Trinajstić information content (AvgIpc) is 2.86. The van der Waals surface area contributed by atoms with Gasteiger partial charge in [-0.3, -0.25) is 0 Å². The molecule has 1 N–H and O–H groups in total. The standard InChI is InChI=1S/C17H29ClN2S/c1-4-13-6-8-16(19-5-2)14(10-13)11-20(3)12-15-7-9-17(18)21-15/h7,9,13-14,16,19H,4-6,8,10-12H2,1-3H3.